The molecule has 0 saturated heterocycles. The number of ether oxygens (including phenoxy) is 1. The minimum absolute atomic E-state index is 0.230. The number of benzene rings is 2. The molecule has 1 aliphatic carbocycles. The van der Waals surface area contributed by atoms with E-state index in [0.717, 1.165) is 41.0 Å². The average molecular weight is 280 g/mol. The molecule has 2 aromatic carbocycles. The predicted molar refractivity (Wildman–Crippen MR) is 81.7 cm³/mol. The van der Waals surface area contributed by atoms with E-state index < -0.39 is 0 Å². The van der Waals surface area contributed by atoms with Crippen LogP contribution in [0.4, 0.5) is 0 Å². The molecule has 1 aromatic heterocycles. The lowest BCUT2D eigenvalue weighted by molar-refractivity contribution is 0.412. The lowest BCUT2D eigenvalue weighted by atomic mass is 10.1. The second-order valence-corrected chi connectivity index (χ2v) is 5.41. The van der Waals surface area contributed by atoms with Crippen molar-refractivity contribution in [3.05, 3.63) is 42.5 Å². The zero-order valence-corrected chi connectivity index (χ0v) is 11.8. The first-order chi connectivity index (χ1) is 10.3. The van der Waals surface area contributed by atoms with Gasteiger partial charge in [-0.05, 0) is 43.2 Å². The Morgan fingerprint density at radius 2 is 2.00 bits per heavy atom. The topological polar surface area (TPSA) is 47.3 Å². The number of hydrogen-bond donors (Lipinski definition) is 1. The van der Waals surface area contributed by atoms with Crippen molar-refractivity contribution in [1.82, 2.24) is 9.55 Å². The van der Waals surface area contributed by atoms with Crippen LogP contribution in [0.15, 0.2) is 42.5 Å². The Kier molecular flexibility index (Phi) is 2.64. The average Bonchev–Trinajstić information content (AvgIpc) is 3.28. The summed E-state index contributed by atoms with van der Waals surface area (Å²) < 4.78 is 7.51. The maximum absolute atomic E-state index is 10.2. The van der Waals surface area contributed by atoms with Gasteiger partial charge in [0.05, 0.1) is 23.7 Å². The van der Waals surface area contributed by atoms with Gasteiger partial charge < -0.3 is 14.4 Å². The molecule has 4 heteroatoms. The molecule has 3 aromatic rings. The highest BCUT2D eigenvalue weighted by Crippen LogP contribution is 2.43. The van der Waals surface area contributed by atoms with Gasteiger partial charge in [0.2, 0.25) is 0 Å². The Morgan fingerprint density at radius 3 is 2.76 bits per heavy atom. The Morgan fingerprint density at radius 1 is 1.19 bits per heavy atom. The van der Waals surface area contributed by atoms with Crippen molar-refractivity contribution < 1.29 is 9.84 Å². The van der Waals surface area contributed by atoms with Crippen molar-refractivity contribution in [2.45, 2.75) is 18.9 Å². The Balaban J connectivity index is 2.00. The number of nitrogens with zero attached hydrogens (tertiary/aromatic N) is 2. The highest BCUT2D eigenvalue weighted by Gasteiger charge is 2.29. The fourth-order valence-corrected chi connectivity index (χ4v) is 2.76. The quantitative estimate of drug-likeness (QED) is 0.794. The second-order valence-electron chi connectivity index (χ2n) is 5.41. The smallest absolute Gasteiger partial charge is 0.145 e. The van der Waals surface area contributed by atoms with Crippen LogP contribution in [0, 0.1) is 0 Å². The van der Waals surface area contributed by atoms with Crippen LogP contribution >= 0.6 is 0 Å². The number of aromatic nitrogens is 2. The van der Waals surface area contributed by atoms with Crippen molar-refractivity contribution in [3.63, 3.8) is 0 Å². The van der Waals surface area contributed by atoms with Crippen LogP contribution in [0.3, 0.4) is 0 Å². The van der Waals surface area contributed by atoms with Gasteiger partial charge in [-0.3, -0.25) is 0 Å². The molecule has 1 fully saturated rings. The largest absolute Gasteiger partial charge is 0.507 e. The van der Waals surface area contributed by atoms with Gasteiger partial charge in [-0.1, -0.05) is 12.1 Å². The van der Waals surface area contributed by atoms with Gasteiger partial charge in [-0.2, -0.15) is 0 Å². The first-order valence-corrected chi connectivity index (χ1v) is 7.12. The summed E-state index contributed by atoms with van der Waals surface area (Å²) in [5.74, 6) is 1.76. The summed E-state index contributed by atoms with van der Waals surface area (Å²) in [4.78, 5) is 4.73. The summed E-state index contributed by atoms with van der Waals surface area (Å²) in [6.45, 7) is 0. The molecule has 1 aliphatic rings. The van der Waals surface area contributed by atoms with Crippen molar-refractivity contribution >= 4 is 11.0 Å². The summed E-state index contributed by atoms with van der Waals surface area (Å²) in [6, 6.07) is 13.8. The number of imidazole rings is 1. The molecular weight excluding hydrogens is 264 g/mol. The van der Waals surface area contributed by atoms with E-state index in [9.17, 15) is 5.11 Å². The number of fused-ring (bicyclic) bond motifs is 1. The molecule has 1 saturated carbocycles. The molecule has 106 valence electrons. The van der Waals surface area contributed by atoms with Gasteiger partial charge in [-0.15, -0.1) is 0 Å². The zero-order valence-electron chi connectivity index (χ0n) is 11.8. The number of para-hydroxylation sites is 2. The third kappa shape index (κ3) is 1.95. The fourth-order valence-electron chi connectivity index (χ4n) is 2.76. The van der Waals surface area contributed by atoms with E-state index in [1.54, 1.807) is 19.2 Å². The molecule has 0 amide bonds. The lowest BCUT2D eigenvalue weighted by Gasteiger charge is -2.10. The summed E-state index contributed by atoms with van der Waals surface area (Å²) in [6.07, 6.45) is 2.33. The molecule has 0 aliphatic heterocycles. The Bertz CT molecular complexity index is 819. The van der Waals surface area contributed by atoms with Crippen LogP contribution in [-0.4, -0.2) is 21.8 Å². The predicted octanol–water partition coefficient (Wildman–Crippen LogP) is 3.75. The van der Waals surface area contributed by atoms with E-state index in [0.29, 0.717) is 6.04 Å². The van der Waals surface area contributed by atoms with E-state index in [2.05, 4.69) is 10.6 Å². The summed E-state index contributed by atoms with van der Waals surface area (Å²) >= 11 is 0. The van der Waals surface area contributed by atoms with Crippen LogP contribution < -0.4 is 4.74 Å². The van der Waals surface area contributed by atoms with E-state index in [1.165, 1.54) is 0 Å². The van der Waals surface area contributed by atoms with E-state index in [-0.39, 0.29) is 5.75 Å². The third-order valence-corrected chi connectivity index (χ3v) is 3.95. The second kappa shape index (κ2) is 4.52. The standard InChI is InChI=1S/C17H16N2O2/c1-21-12-8-9-16(20)13(10-12)17-18-14-4-2-3-5-15(14)19(17)11-6-7-11/h2-5,8-11,20H,6-7H2,1H3. The van der Waals surface area contributed by atoms with Crippen molar-refractivity contribution in [2.75, 3.05) is 7.11 Å². The lowest BCUT2D eigenvalue weighted by Crippen LogP contribution is -1.98. The molecule has 0 bridgehead atoms. The van der Waals surface area contributed by atoms with Gasteiger partial charge >= 0.3 is 0 Å². The molecular formula is C17H16N2O2. The van der Waals surface area contributed by atoms with Gasteiger partial charge in [0.15, 0.2) is 0 Å². The normalized spacial score (nSPS) is 14.5. The zero-order chi connectivity index (χ0) is 14.4. The molecule has 4 nitrogen and oxygen atoms in total. The molecule has 0 radical (unpaired) electrons. The van der Waals surface area contributed by atoms with Crippen LogP contribution in [-0.2, 0) is 0 Å². The number of phenolic OH excluding ortho intramolecular Hbond substituents is 1. The third-order valence-electron chi connectivity index (χ3n) is 3.95. The molecule has 1 N–H and O–H groups in total. The highest BCUT2D eigenvalue weighted by molar-refractivity contribution is 5.82. The Labute approximate surface area is 122 Å². The van der Waals surface area contributed by atoms with E-state index >= 15 is 0 Å². The van der Waals surface area contributed by atoms with Gasteiger partial charge in [0, 0.05) is 6.04 Å². The molecule has 0 spiro atoms. The Hall–Kier alpha value is -2.49. The van der Waals surface area contributed by atoms with Crippen molar-refractivity contribution in [3.8, 4) is 22.9 Å². The van der Waals surface area contributed by atoms with Crippen LogP contribution in [0.5, 0.6) is 11.5 Å². The number of methoxy groups -OCH3 is 1. The number of phenols is 1. The van der Waals surface area contributed by atoms with Gasteiger partial charge in [0.1, 0.15) is 17.3 Å². The molecule has 0 unspecified atom stereocenters. The van der Waals surface area contributed by atoms with Gasteiger partial charge in [0.25, 0.3) is 0 Å². The summed E-state index contributed by atoms with van der Waals surface area (Å²) in [5, 5.41) is 10.2. The molecule has 21 heavy (non-hydrogen) atoms. The van der Waals surface area contributed by atoms with Gasteiger partial charge in [-0.25, -0.2) is 4.98 Å². The first kappa shape index (κ1) is 12.3. The molecule has 0 atom stereocenters. The maximum Gasteiger partial charge on any atom is 0.145 e. The molecule has 4 rings (SSSR count). The number of aromatic hydroxyl groups is 1. The van der Waals surface area contributed by atoms with E-state index in [1.807, 2.05) is 24.3 Å². The monoisotopic (exact) mass is 280 g/mol. The summed E-state index contributed by atoms with van der Waals surface area (Å²) in [7, 11) is 1.63. The van der Waals surface area contributed by atoms with Crippen molar-refractivity contribution in [2.24, 2.45) is 0 Å². The first-order valence-electron chi connectivity index (χ1n) is 7.12. The minimum atomic E-state index is 0.230. The maximum atomic E-state index is 10.2. The number of hydrogen-bond acceptors (Lipinski definition) is 3. The number of rotatable bonds is 3. The summed E-state index contributed by atoms with van der Waals surface area (Å²) in [5.41, 5.74) is 2.80. The highest BCUT2D eigenvalue weighted by atomic mass is 16.5. The van der Waals surface area contributed by atoms with Crippen LogP contribution in [0.1, 0.15) is 18.9 Å². The minimum Gasteiger partial charge on any atom is -0.507 e. The fraction of sp³-hybridized carbons (Fsp3) is 0.235. The van der Waals surface area contributed by atoms with E-state index in [4.69, 9.17) is 9.72 Å². The van der Waals surface area contributed by atoms with Crippen LogP contribution in [0.25, 0.3) is 22.4 Å². The molecule has 1 heterocycles. The van der Waals surface area contributed by atoms with Crippen LogP contribution in [0.2, 0.25) is 0 Å². The SMILES string of the molecule is COc1ccc(O)c(-c2nc3ccccc3n2C2CC2)c1. The van der Waals surface area contributed by atoms with Crippen molar-refractivity contribution in [1.29, 1.82) is 0 Å².